The van der Waals surface area contributed by atoms with Gasteiger partial charge in [-0.3, -0.25) is 0 Å². The van der Waals surface area contributed by atoms with E-state index in [1.54, 1.807) is 13.0 Å². The topological polar surface area (TPSA) is 103 Å². The molecule has 0 bridgehead atoms. The number of hydrazone groups is 1. The van der Waals surface area contributed by atoms with E-state index in [1.807, 2.05) is 0 Å². The summed E-state index contributed by atoms with van der Waals surface area (Å²) in [6.07, 6.45) is 3.23. The lowest BCUT2D eigenvalue weighted by molar-refractivity contribution is -0.132. The van der Waals surface area contributed by atoms with Gasteiger partial charge in [0.2, 0.25) is 5.84 Å². The number of halogens is 1. The number of hydrogen-bond acceptors (Lipinski definition) is 5. The summed E-state index contributed by atoms with van der Waals surface area (Å²) >= 11 is 0. The van der Waals surface area contributed by atoms with Crippen molar-refractivity contribution < 1.29 is 13.9 Å². The predicted octanol–water partition coefficient (Wildman–Crippen LogP) is 0.640. The molecule has 0 saturated heterocycles. The maximum Gasteiger partial charge on any atom is 0.375 e. The van der Waals surface area contributed by atoms with Crippen LogP contribution in [0.5, 0.6) is 0 Å². The maximum absolute atomic E-state index is 13.0. The number of rotatable bonds is 8. The minimum atomic E-state index is -0.695. The average Bonchev–Trinajstić information content (AvgIpc) is 2.42. The number of nitrogens with two attached hydrogens (primary N) is 2. The van der Waals surface area contributed by atoms with Crippen LogP contribution >= 0.6 is 0 Å². The lowest BCUT2D eigenvalue weighted by Gasteiger charge is -2.13. The first-order valence-corrected chi connectivity index (χ1v) is 6.24. The van der Waals surface area contributed by atoms with Crippen LogP contribution in [0.4, 0.5) is 4.39 Å². The van der Waals surface area contributed by atoms with E-state index in [0.717, 1.165) is 6.42 Å². The predicted molar refractivity (Wildman–Crippen MR) is 72.9 cm³/mol. The Balaban J connectivity index is 4.25. The van der Waals surface area contributed by atoms with Crippen LogP contribution < -0.4 is 16.9 Å². The molecule has 110 valence electrons. The first-order chi connectivity index (χ1) is 9.04. The highest BCUT2D eigenvalue weighted by Gasteiger charge is 2.08. The number of nitrogens with one attached hydrogen (secondary N) is 1. The second kappa shape index (κ2) is 10.3. The third-order valence-corrected chi connectivity index (χ3v) is 2.56. The molecule has 0 spiro atoms. The average molecular weight is 274 g/mol. The fourth-order valence-electron chi connectivity index (χ4n) is 1.39. The standard InChI is InChI=1S/C12H23FN4O2/c1-3-10(13)5-4-9(6-7-14)8-16-17-11(15)12(18)19-2/h5,9,16H,3-4,6-8,14H2,1-2H3,(H2,15,17)/b10-5+/t9-/m1/s1. The molecule has 0 aromatic heterocycles. The highest BCUT2D eigenvalue weighted by molar-refractivity contribution is 6.34. The zero-order valence-electron chi connectivity index (χ0n) is 11.5. The number of allylic oxidation sites excluding steroid dienone is 2. The van der Waals surface area contributed by atoms with E-state index in [-0.39, 0.29) is 17.6 Å². The molecule has 0 fully saturated rings. The summed E-state index contributed by atoms with van der Waals surface area (Å²) in [5.41, 5.74) is 13.5. The maximum atomic E-state index is 13.0. The summed E-state index contributed by atoms with van der Waals surface area (Å²) in [4.78, 5) is 11.0. The van der Waals surface area contributed by atoms with Gasteiger partial charge in [-0.2, -0.15) is 5.10 Å². The Kier molecular flexibility index (Phi) is 9.42. The van der Waals surface area contributed by atoms with E-state index in [9.17, 15) is 9.18 Å². The molecule has 0 amide bonds. The quantitative estimate of drug-likeness (QED) is 0.261. The fourth-order valence-corrected chi connectivity index (χ4v) is 1.39. The van der Waals surface area contributed by atoms with E-state index >= 15 is 0 Å². The first kappa shape index (κ1) is 17.4. The van der Waals surface area contributed by atoms with Crippen LogP contribution in [0.1, 0.15) is 26.2 Å². The molecule has 0 saturated carbocycles. The summed E-state index contributed by atoms with van der Waals surface area (Å²) in [5, 5.41) is 3.68. The van der Waals surface area contributed by atoms with Gasteiger partial charge >= 0.3 is 5.97 Å². The Morgan fingerprint density at radius 3 is 2.79 bits per heavy atom. The number of carbonyl (C=O) groups is 1. The van der Waals surface area contributed by atoms with Crippen molar-refractivity contribution in [2.24, 2.45) is 22.5 Å². The number of ether oxygens (including phenoxy) is 1. The lowest BCUT2D eigenvalue weighted by Crippen LogP contribution is -2.30. The molecule has 0 heterocycles. The van der Waals surface area contributed by atoms with Crippen LogP contribution in [-0.2, 0) is 9.53 Å². The lowest BCUT2D eigenvalue weighted by atomic mass is 10.0. The van der Waals surface area contributed by atoms with Gasteiger partial charge in [-0.1, -0.05) is 13.0 Å². The van der Waals surface area contributed by atoms with Crippen LogP contribution in [0.15, 0.2) is 17.0 Å². The Bertz CT molecular complexity index is 332. The van der Waals surface area contributed by atoms with Crippen LogP contribution in [0.25, 0.3) is 0 Å². The minimum absolute atomic E-state index is 0.136. The molecular weight excluding hydrogens is 251 g/mol. The molecule has 0 radical (unpaired) electrons. The minimum Gasteiger partial charge on any atom is -0.463 e. The molecule has 19 heavy (non-hydrogen) atoms. The molecule has 0 aromatic carbocycles. The van der Waals surface area contributed by atoms with Gasteiger partial charge in [-0.25, -0.2) is 9.18 Å². The molecule has 0 unspecified atom stereocenters. The van der Waals surface area contributed by atoms with Crippen molar-refractivity contribution in [1.82, 2.24) is 5.43 Å². The van der Waals surface area contributed by atoms with E-state index < -0.39 is 5.97 Å². The third-order valence-electron chi connectivity index (χ3n) is 2.56. The molecule has 0 aliphatic heterocycles. The van der Waals surface area contributed by atoms with Crippen molar-refractivity contribution in [2.45, 2.75) is 26.2 Å². The summed E-state index contributed by atoms with van der Waals surface area (Å²) in [5.74, 6) is -0.944. The molecule has 1 atom stereocenters. The Labute approximate surface area is 113 Å². The Hall–Kier alpha value is -1.63. The normalized spacial score (nSPS) is 14.1. The van der Waals surface area contributed by atoms with Crippen LogP contribution in [0.3, 0.4) is 0 Å². The van der Waals surface area contributed by atoms with Gasteiger partial charge in [0.25, 0.3) is 0 Å². The highest BCUT2D eigenvalue weighted by atomic mass is 19.1. The molecule has 0 rings (SSSR count). The number of methoxy groups -OCH3 is 1. The van der Waals surface area contributed by atoms with Crippen molar-refractivity contribution in [1.29, 1.82) is 0 Å². The zero-order valence-corrected chi connectivity index (χ0v) is 11.5. The molecule has 0 aliphatic carbocycles. The second-order valence-electron chi connectivity index (χ2n) is 4.03. The van der Waals surface area contributed by atoms with E-state index in [2.05, 4.69) is 15.3 Å². The van der Waals surface area contributed by atoms with Gasteiger partial charge in [0.1, 0.15) is 0 Å². The van der Waals surface area contributed by atoms with Gasteiger partial charge in [0.15, 0.2) is 0 Å². The molecule has 0 aliphatic rings. The van der Waals surface area contributed by atoms with Crippen molar-refractivity contribution in [3.05, 3.63) is 11.9 Å². The molecule has 0 aromatic rings. The number of nitrogens with zero attached hydrogens (tertiary/aromatic N) is 1. The van der Waals surface area contributed by atoms with Crippen molar-refractivity contribution in [3.8, 4) is 0 Å². The van der Waals surface area contributed by atoms with Crippen molar-refractivity contribution in [3.63, 3.8) is 0 Å². The largest absolute Gasteiger partial charge is 0.463 e. The summed E-state index contributed by atoms with van der Waals surface area (Å²) in [6.45, 7) is 2.72. The van der Waals surface area contributed by atoms with Crippen LogP contribution in [-0.4, -0.2) is 32.0 Å². The fraction of sp³-hybridized carbons (Fsp3) is 0.667. The van der Waals surface area contributed by atoms with E-state index in [1.165, 1.54) is 7.11 Å². The van der Waals surface area contributed by atoms with Crippen molar-refractivity contribution in [2.75, 3.05) is 20.2 Å². The first-order valence-electron chi connectivity index (χ1n) is 6.24. The molecule has 5 N–H and O–H groups in total. The summed E-state index contributed by atoms with van der Waals surface area (Å²) in [6, 6.07) is 0. The monoisotopic (exact) mass is 274 g/mol. The summed E-state index contributed by atoms with van der Waals surface area (Å²) < 4.78 is 17.4. The van der Waals surface area contributed by atoms with Gasteiger partial charge in [-0.15, -0.1) is 0 Å². The van der Waals surface area contributed by atoms with Gasteiger partial charge in [-0.05, 0) is 31.7 Å². The van der Waals surface area contributed by atoms with E-state index in [4.69, 9.17) is 11.5 Å². The number of amidine groups is 1. The van der Waals surface area contributed by atoms with Crippen LogP contribution in [0.2, 0.25) is 0 Å². The van der Waals surface area contributed by atoms with Crippen molar-refractivity contribution >= 4 is 11.8 Å². The molecule has 6 nitrogen and oxygen atoms in total. The zero-order chi connectivity index (χ0) is 14.7. The van der Waals surface area contributed by atoms with E-state index in [0.29, 0.717) is 25.9 Å². The molecule has 7 heteroatoms. The smallest absolute Gasteiger partial charge is 0.375 e. The number of esters is 1. The number of hydrogen-bond donors (Lipinski definition) is 3. The molecular formula is C12H23FN4O2. The Morgan fingerprint density at radius 1 is 1.58 bits per heavy atom. The van der Waals surface area contributed by atoms with Gasteiger partial charge in [0, 0.05) is 6.54 Å². The SMILES string of the molecule is CC/C(F)=C\C[C@H](CCN)CN/N=C(\N)C(=O)OC. The third kappa shape index (κ3) is 8.15. The van der Waals surface area contributed by atoms with Gasteiger partial charge < -0.3 is 21.6 Å². The van der Waals surface area contributed by atoms with Gasteiger partial charge in [0.05, 0.1) is 12.9 Å². The second-order valence-corrected chi connectivity index (χ2v) is 4.03. The number of carbonyl (C=O) groups excluding carboxylic acids is 1. The Morgan fingerprint density at radius 2 is 2.26 bits per heavy atom. The highest BCUT2D eigenvalue weighted by Crippen LogP contribution is 2.11. The van der Waals surface area contributed by atoms with Crippen LogP contribution in [0, 0.1) is 5.92 Å². The summed E-state index contributed by atoms with van der Waals surface area (Å²) in [7, 11) is 1.22.